The van der Waals surface area contributed by atoms with Crippen LogP contribution >= 0.6 is 0 Å². The summed E-state index contributed by atoms with van der Waals surface area (Å²) in [4.78, 5) is 13.8. The van der Waals surface area contributed by atoms with Gasteiger partial charge in [0.25, 0.3) is 0 Å². The molecule has 5 nitrogen and oxygen atoms in total. The van der Waals surface area contributed by atoms with E-state index in [-0.39, 0.29) is 11.9 Å². The lowest BCUT2D eigenvalue weighted by Crippen LogP contribution is -2.46. The average Bonchev–Trinajstić information content (AvgIpc) is 2.35. The number of ether oxygens (including phenoxy) is 1. The summed E-state index contributed by atoms with van der Waals surface area (Å²) in [5.74, 6) is 0.0147. The van der Waals surface area contributed by atoms with E-state index < -0.39 is 0 Å². The zero-order valence-electron chi connectivity index (χ0n) is 11.0. The highest BCUT2D eigenvalue weighted by Crippen LogP contribution is 2.01. The van der Waals surface area contributed by atoms with E-state index in [1.807, 2.05) is 18.7 Å². The molecule has 1 N–H and O–H groups in total. The minimum atomic E-state index is -0.218. The van der Waals surface area contributed by atoms with Crippen LogP contribution in [-0.2, 0) is 9.53 Å². The van der Waals surface area contributed by atoms with E-state index in [0.717, 1.165) is 6.42 Å². The fourth-order valence-electron chi connectivity index (χ4n) is 1.46. The molecule has 0 aliphatic rings. The molecule has 0 heterocycles. The Bertz CT molecular complexity index is 251. The first-order chi connectivity index (χ1) is 8.17. The first-order valence-electron chi connectivity index (χ1n) is 6.05. The van der Waals surface area contributed by atoms with Crippen molar-refractivity contribution in [2.75, 3.05) is 33.4 Å². The third-order valence-corrected chi connectivity index (χ3v) is 2.57. The van der Waals surface area contributed by atoms with Gasteiger partial charge in [0.1, 0.15) is 0 Å². The molecule has 0 saturated heterocycles. The van der Waals surface area contributed by atoms with Gasteiger partial charge >= 0.3 is 0 Å². The van der Waals surface area contributed by atoms with Crippen molar-refractivity contribution < 1.29 is 9.53 Å². The summed E-state index contributed by atoms with van der Waals surface area (Å²) in [7, 11) is 1.63. The van der Waals surface area contributed by atoms with Gasteiger partial charge in [-0.05, 0) is 13.3 Å². The SMILES string of the molecule is CCCNC(=O)C(C)N(CCC#N)CCOC. The van der Waals surface area contributed by atoms with Crippen LogP contribution in [0.25, 0.3) is 0 Å². The Balaban J connectivity index is 4.23. The minimum absolute atomic E-state index is 0.0147. The van der Waals surface area contributed by atoms with Gasteiger partial charge in [0.05, 0.1) is 18.7 Å². The third-order valence-electron chi connectivity index (χ3n) is 2.57. The molecule has 0 aromatic rings. The monoisotopic (exact) mass is 241 g/mol. The van der Waals surface area contributed by atoms with Crippen molar-refractivity contribution in [2.45, 2.75) is 32.7 Å². The van der Waals surface area contributed by atoms with Crippen LogP contribution in [0.15, 0.2) is 0 Å². The number of rotatable bonds is 9. The molecule has 0 aromatic carbocycles. The van der Waals surface area contributed by atoms with Crippen LogP contribution in [0.5, 0.6) is 0 Å². The van der Waals surface area contributed by atoms with Crippen LogP contribution in [0.1, 0.15) is 26.7 Å². The van der Waals surface area contributed by atoms with Crippen molar-refractivity contribution in [3.63, 3.8) is 0 Å². The molecular formula is C12H23N3O2. The summed E-state index contributed by atoms with van der Waals surface area (Å²) in [6.45, 7) is 6.40. The maximum absolute atomic E-state index is 11.8. The molecule has 0 saturated carbocycles. The summed E-state index contributed by atoms with van der Waals surface area (Å²) in [6.07, 6.45) is 1.35. The van der Waals surface area contributed by atoms with Gasteiger partial charge in [0, 0.05) is 33.2 Å². The summed E-state index contributed by atoms with van der Waals surface area (Å²) < 4.78 is 5.01. The van der Waals surface area contributed by atoms with Crippen molar-refractivity contribution in [2.24, 2.45) is 0 Å². The van der Waals surface area contributed by atoms with Gasteiger partial charge < -0.3 is 10.1 Å². The maximum atomic E-state index is 11.8. The summed E-state index contributed by atoms with van der Waals surface area (Å²) in [6, 6.07) is 1.88. The normalized spacial score (nSPS) is 12.2. The summed E-state index contributed by atoms with van der Waals surface area (Å²) in [5, 5.41) is 11.5. The molecule has 0 fully saturated rings. The Morgan fingerprint density at radius 3 is 2.76 bits per heavy atom. The Morgan fingerprint density at radius 2 is 2.24 bits per heavy atom. The number of hydrogen-bond acceptors (Lipinski definition) is 4. The van der Waals surface area contributed by atoms with Crippen molar-refractivity contribution >= 4 is 5.91 Å². The van der Waals surface area contributed by atoms with Crippen LogP contribution in [0.3, 0.4) is 0 Å². The molecule has 1 amide bonds. The van der Waals surface area contributed by atoms with Gasteiger partial charge in [-0.25, -0.2) is 0 Å². The minimum Gasteiger partial charge on any atom is -0.383 e. The Labute approximate surface area is 104 Å². The van der Waals surface area contributed by atoms with Crippen LogP contribution in [-0.4, -0.2) is 50.2 Å². The topological polar surface area (TPSA) is 65.4 Å². The average molecular weight is 241 g/mol. The number of nitrogens with one attached hydrogen (secondary N) is 1. The smallest absolute Gasteiger partial charge is 0.237 e. The first-order valence-corrected chi connectivity index (χ1v) is 6.05. The summed E-state index contributed by atoms with van der Waals surface area (Å²) >= 11 is 0. The first kappa shape index (κ1) is 15.9. The zero-order chi connectivity index (χ0) is 13.1. The molecule has 98 valence electrons. The molecule has 1 atom stereocenters. The van der Waals surface area contributed by atoms with Gasteiger partial charge in [0.15, 0.2) is 0 Å². The van der Waals surface area contributed by atoms with Crippen LogP contribution in [0, 0.1) is 11.3 Å². The molecule has 0 rings (SSSR count). The molecule has 0 bridgehead atoms. The number of carbonyl (C=O) groups is 1. The van der Waals surface area contributed by atoms with Crippen molar-refractivity contribution in [3.05, 3.63) is 0 Å². The van der Waals surface area contributed by atoms with E-state index >= 15 is 0 Å². The largest absolute Gasteiger partial charge is 0.383 e. The fourth-order valence-corrected chi connectivity index (χ4v) is 1.46. The predicted octanol–water partition coefficient (Wildman–Crippen LogP) is 0.763. The van der Waals surface area contributed by atoms with Crippen LogP contribution in [0.2, 0.25) is 0 Å². The van der Waals surface area contributed by atoms with Crippen molar-refractivity contribution in [3.8, 4) is 6.07 Å². The third kappa shape index (κ3) is 6.93. The van der Waals surface area contributed by atoms with E-state index in [9.17, 15) is 4.79 Å². The van der Waals surface area contributed by atoms with E-state index in [2.05, 4.69) is 11.4 Å². The highest BCUT2D eigenvalue weighted by atomic mass is 16.5. The molecule has 0 aliphatic carbocycles. The molecule has 0 spiro atoms. The van der Waals surface area contributed by atoms with E-state index in [1.54, 1.807) is 7.11 Å². The van der Waals surface area contributed by atoms with Gasteiger partial charge in [-0.15, -0.1) is 0 Å². The quantitative estimate of drug-likeness (QED) is 0.647. The summed E-state index contributed by atoms with van der Waals surface area (Å²) in [5.41, 5.74) is 0. The maximum Gasteiger partial charge on any atom is 0.237 e. The van der Waals surface area contributed by atoms with Crippen molar-refractivity contribution in [1.29, 1.82) is 5.26 Å². The van der Waals surface area contributed by atoms with E-state index in [1.165, 1.54) is 0 Å². The van der Waals surface area contributed by atoms with Crippen LogP contribution < -0.4 is 5.32 Å². The highest BCUT2D eigenvalue weighted by Gasteiger charge is 2.19. The van der Waals surface area contributed by atoms with E-state index in [0.29, 0.717) is 32.7 Å². The predicted molar refractivity (Wildman–Crippen MR) is 66.4 cm³/mol. The number of nitriles is 1. The Morgan fingerprint density at radius 1 is 1.53 bits per heavy atom. The number of amides is 1. The lowest BCUT2D eigenvalue weighted by molar-refractivity contribution is -0.126. The molecule has 5 heteroatoms. The molecule has 0 radical (unpaired) electrons. The van der Waals surface area contributed by atoms with E-state index in [4.69, 9.17) is 10.00 Å². The Hall–Kier alpha value is -1.12. The molecule has 17 heavy (non-hydrogen) atoms. The standard InChI is InChI=1S/C12H23N3O2/c1-4-7-14-12(16)11(2)15(8-5-6-13)9-10-17-3/h11H,4-5,7-10H2,1-3H3,(H,14,16). The van der Waals surface area contributed by atoms with Gasteiger partial charge in [-0.3, -0.25) is 9.69 Å². The van der Waals surface area contributed by atoms with Gasteiger partial charge in [0.2, 0.25) is 5.91 Å². The molecule has 0 aromatic heterocycles. The lowest BCUT2D eigenvalue weighted by atomic mass is 10.2. The molecule has 1 unspecified atom stereocenters. The highest BCUT2D eigenvalue weighted by molar-refractivity contribution is 5.81. The Kier molecular flexibility index (Phi) is 9.40. The molecular weight excluding hydrogens is 218 g/mol. The number of methoxy groups -OCH3 is 1. The second kappa shape index (κ2) is 10.1. The second-order valence-corrected chi connectivity index (χ2v) is 3.90. The zero-order valence-corrected chi connectivity index (χ0v) is 11.0. The molecule has 0 aliphatic heterocycles. The van der Waals surface area contributed by atoms with Gasteiger partial charge in [-0.1, -0.05) is 6.92 Å². The van der Waals surface area contributed by atoms with Crippen LogP contribution in [0.4, 0.5) is 0 Å². The number of hydrogen-bond donors (Lipinski definition) is 1. The number of nitrogens with zero attached hydrogens (tertiary/aromatic N) is 2. The number of carbonyl (C=O) groups excluding carboxylic acids is 1. The fraction of sp³-hybridized carbons (Fsp3) is 0.833. The van der Waals surface area contributed by atoms with Crippen molar-refractivity contribution in [1.82, 2.24) is 10.2 Å². The second-order valence-electron chi connectivity index (χ2n) is 3.90. The van der Waals surface area contributed by atoms with Gasteiger partial charge in [-0.2, -0.15) is 5.26 Å². The lowest BCUT2D eigenvalue weighted by Gasteiger charge is -2.27.